The van der Waals surface area contributed by atoms with E-state index in [0.717, 1.165) is 5.69 Å². The van der Waals surface area contributed by atoms with Crippen LogP contribution in [0.5, 0.6) is 0 Å². The fraction of sp³-hybridized carbons (Fsp3) is 0.222. The highest BCUT2D eigenvalue weighted by atomic mass is 32.1. The maximum absolute atomic E-state index is 12.3. The number of carbonyl (C=O) groups is 1. The molecular weight excluding hydrogens is 306 g/mol. The number of hydrogen-bond acceptors (Lipinski definition) is 2. The monoisotopic (exact) mass is 327 g/mol. The first kappa shape index (κ1) is 17.0. The molecular formula is C18H21N3OS. The minimum atomic E-state index is -0.107. The Kier molecular flexibility index (Phi) is 6.11. The molecule has 23 heavy (non-hydrogen) atoms. The fourth-order valence-corrected chi connectivity index (χ4v) is 2.22. The molecule has 2 aromatic rings. The smallest absolute Gasteiger partial charge is 0.253 e. The molecule has 0 heterocycles. The van der Waals surface area contributed by atoms with Crippen LogP contribution in [0.3, 0.4) is 0 Å². The summed E-state index contributed by atoms with van der Waals surface area (Å²) in [5.74, 6) is 0.296. The minimum absolute atomic E-state index is 0.107. The molecule has 2 aromatic carbocycles. The van der Waals surface area contributed by atoms with Crippen molar-refractivity contribution in [2.75, 3.05) is 17.2 Å². The van der Waals surface area contributed by atoms with Gasteiger partial charge in [0.15, 0.2) is 5.11 Å². The van der Waals surface area contributed by atoms with Crippen LogP contribution in [0.15, 0.2) is 54.6 Å². The number of para-hydroxylation sites is 2. The molecule has 1 amide bonds. The summed E-state index contributed by atoms with van der Waals surface area (Å²) >= 11 is 5.32. The van der Waals surface area contributed by atoms with Crippen LogP contribution in [0.2, 0.25) is 0 Å². The van der Waals surface area contributed by atoms with Gasteiger partial charge in [0.05, 0.1) is 11.3 Å². The molecule has 0 aromatic heterocycles. The maximum atomic E-state index is 12.3. The third-order valence-corrected chi connectivity index (χ3v) is 3.33. The molecule has 0 aliphatic rings. The quantitative estimate of drug-likeness (QED) is 0.730. The van der Waals surface area contributed by atoms with E-state index < -0.39 is 0 Å². The zero-order chi connectivity index (χ0) is 16.7. The predicted octanol–water partition coefficient (Wildman–Crippen LogP) is 3.88. The van der Waals surface area contributed by atoms with E-state index in [0.29, 0.717) is 28.8 Å². The Hall–Kier alpha value is -2.40. The lowest BCUT2D eigenvalue weighted by Gasteiger charge is -2.14. The lowest BCUT2D eigenvalue weighted by Crippen LogP contribution is -2.29. The van der Waals surface area contributed by atoms with Gasteiger partial charge >= 0.3 is 0 Å². The summed E-state index contributed by atoms with van der Waals surface area (Å²) in [5, 5.41) is 9.55. The number of rotatable bonds is 5. The number of hydrogen-bond donors (Lipinski definition) is 3. The summed E-state index contributed by atoms with van der Waals surface area (Å²) in [7, 11) is 0. The van der Waals surface area contributed by atoms with E-state index in [9.17, 15) is 4.79 Å². The lowest BCUT2D eigenvalue weighted by atomic mass is 10.1. The molecule has 0 aliphatic carbocycles. The number of amides is 1. The Morgan fingerprint density at radius 1 is 1.00 bits per heavy atom. The van der Waals surface area contributed by atoms with Gasteiger partial charge in [-0.1, -0.05) is 44.2 Å². The van der Waals surface area contributed by atoms with Gasteiger partial charge in [0, 0.05) is 12.2 Å². The number of benzene rings is 2. The van der Waals surface area contributed by atoms with Gasteiger partial charge in [-0.3, -0.25) is 4.79 Å². The molecule has 0 unspecified atom stereocenters. The van der Waals surface area contributed by atoms with E-state index >= 15 is 0 Å². The van der Waals surface area contributed by atoms with Gasteiger partial charge in [-0.05, 0) is 42.4 Å². The largest absolute Gasteiger partial charge is 0.352 e. The van der Waals surface area contributed by atoms with Gasteiger partial charge in [-0.25, -0.2) is 0 Å². The van der Waals surface area contributed by atoms with E-state index in [1.54, 1.807) is 6.07 Å². The topological polar surface area (TPSA) is 53.2 Å². The van der Waals surface area contributed by atoms with Crippen LogP contribution < -0.4 is 16.0 Å². The van der Waals surface area contributed by atoms with E-state index in [2.05, 4.69) is 29.8 Å². The highest BCUT2D eigenvalue weighted by Gasteiger charge is 2.12. The molecule has 0 fully saturated rings. The van der Waals surface area contributed by atoms with Gasteiger partial charge in [-0.15, -0.1) is 0 Å². The molecule has 0 saturated carbocycles. The molecule has 0 saturated heterocycles. The average Bonchev–Trinajstić information content (AvgIpc) is 2.54. The van der Waals surface area contributed by atoms with Crippen molar-refractivity contribution in [2.45, 2.75) is 13.8 Å². The van der Waals surface area contributed by atoms with Crippen molar-refractivity contribution in [3.05, 3.63) is 60.2 Å². The maximum Gasteiger partial charge on any atom is 0.253 e. The van der Waals surface area contributed by atoms with Crippen molar-refractivity contribution in [1.82, 2.24) is 5.32 Å². The Balaban J connectivity index is 2.05. The van der Waals surface area contributed by atoms with E-state index in [1.165, 1.54) is 0 Å². The number of carbonyl (C=O) groups excluding carboxylic acids is 1. The van der Waals surface area contributed by atoms with Crippen molar-refractivity contribution >= 4 is 34.6 Å². The van der Waals surface area contributed by atoms with Crippen LogP contribution >= 0.6 is 12.2 Å². The molecule has 5 heteroatoms. The van der Waals surface area contributed by atoms with Gasteiger partial charge in [0.2, 0.25) is 0 Å². The Morgan fingerprint density at radius 3 is 2.35 bits per heavy atom. The second kappa shape index (κ2) is 8.29. The van der Waals surface area contributed by atoms with Crippen molar-refractivity contribution < 1.29 is 4.79 Å². The lowest BCUT2D eigenvalue weighted by molar-refractivity contribution is 0.0950. The Bertz CT molecular complexity index is 671. The van der Waals surface area contributed by atoms with E-state index in [1.807, 2.05) is 48.5 Å². The van der Waals surface area contributed by atoms with E-state index in [-0.39, 0.29) is 5.91 Å². The minimum Gasteiger partial charge on any atom is -0.352 e. The third kappa shape index (κ3) is 5.38. The second-order valence-corrected chi connectivity index (χ2v) is 6.00. The highest BCUT2D eigenvalue weighted by Crippen LogP contribution is 2.16. The summed E-state index contributed by atoms with van der Waals surface area (Å²) in [6.45, 7) is 4.76. The zero-order valence-corrected chi connectivity index (χ0v) is 14.1. The Labute approximate surface area is 142 Å². The first-order chi connectivity index (χ1) is 11.1. The molecule has 4 nitrogen and oxygen atoms in total. The standard InChI is InChI=1S/C18H21N3OS/c1-13(2)12-19-17(22)15-10-6-7-11-16(15)21-18(23)20-14-8-4-3-5-9-14/h3-11,13H,12H2,1-2H3,(H,19,22)(H2,20,21,23). The first-order valence-corrected chi connectivity index (χ1v) is 7.97. The second-order valence-electron chi connectivity index (χ2n) is 5.59. The zero-order valence-electron chi connectivity index (χ0n) is 13.3. The summed E-state index contributed by atoms with van der Waals surface area (Å²) < 4.78 is 0. The van der Waals surface area contributed by atoms with Crippen LogP contribution in [-0.4, -0.2) is 17.6 Å². The summed E-state index contributed by atoms with van der Waals surface area (Å²) in [5.41, 5.74) is 2.15. The Morgan fingerprint density at radius 2 is 1.65 bits per heavy atom. The van der Waals surface area contributed by atoms with Crippen molar-refractivity contribution in [2.24, 2.45) is 5.92 Å². The highest BCUT2D eigenvalue weighted by molar-refractivity contribution is 7.80. The van der Waals surface area contributed by atoms with Crippen LogP contribution in [0.4, 0.5) is 11.4 Å². The van der Waals surface area contributed by atoms with Gasteiger partial charge in [-0.2, -0.15) is 0 Å². The molecule has 2 rings (SSSR count). The SMILES string of the molecule is CC(C)CNC(=O)c1ccccc1NC(=S)Nc1ccccc1. The molecule has 120 valence electrons. The van der Waals surface area contributed by atoms with Crippen LogP contribution in [0.25, 0.3) is 0 Å². The molecule has 0 radical (unpaired) electrons. The normalized spacial score (nSPS) is 10.2. The molecule has 0 atom stereocenters. The van der Waals surface area contributed by atoms with Gasteiger partial charge in [0.25, 0.3) is 5.91 Å². The molecule has 3 N–H and O–H groups in total. The molecule has 0 aliphatic heterocycles. The summed E-state index contributed by atoms with van der Waals surface area (Å²) in [6.07, 6.45) is 0. The third-order valence-electron chi connectivity index (χ3n) is 3.12. The predicted molar refractivity (Wildman–Crippen MR) is 99.9 cm³/mol. The van der Waals surface area contributed by atoms with Crippen LogP contribution in [0.1, 0.15) is 24.2 Å². The summed E-state index contributed by atoms with van der Waals surface area (Å²) in [6, 6.07) is 17.0. The van der Waals surface area contributed by atoms with E-state index in [4.69, 9.17) is 12.2 Å². The average molecular weight is 327 g/mol. The van der Waals surface area contributed by atoms with Gasteiger partial charge < -0.3 is 16.0 Å². The fourth-order valence-electron chi connectivity index (χ4n) is 1.99. The number of thiocarbonyl (C=S) groups is 1. The van der Waals surface area contributed by atoms with Crippen molar-refractivity contribution in [3.63, 3.8) is 0 Å². The number of nitrogens with one attached hydrogen (secondary N) is 3. The number of anilines is 2. The first-order valence-electron chi connectivity index (χ1n) is 7.56. The van der Waals surface area contributed by atoms with Crippen LogP contribution in [-0.2, 0) is 0 Å². The molecule has 0 spiro atoms. The van der Waals surface area contributed by atoms with Gasteiger partial charge in [0.1, 0.15) is 0 Å². The van der Waals surface area contributed by atoms with Crippen LogP contribution in [0, 0.1) is 5.92 Å². The summed E-state index contributed by atoms with van der Waals surface area (Å²) in [4.78, 5) is 12.3. The van der Waals surface area contributed by atoms with Crippen molar-refractivity contribution in [1.29, 1.82) is 0 Å². The van der Waals surface area contributed by atoms with Crippen molar-refractivity contribution in [3.8, 4) is 0 Å². The molecule has 0 bridgehead atoms.